The van der Waals surface area contributed by atoms with E-state index < -0.39 is 23.8 Å². The molecule has 2 aromatic carbocycles. The number of benzene rings is 2. The molecule has 1 amide bonds. The van der Waals surface area contributed by atoms with E-state index in [0.29, 0.717) is 12.8 Å². The van der Waals surface area contributed by atoms with E-state index in [9.17, 15) is 14.7 Å². The van der Waals surface area contributed by atoms with Crippen molar-refractivity contribution in [1.29, 1.82) is 0 Å². The van der Waals surface area contributed by atoms with Crippen molar-refractivity contribution in [1.82, 2.24) is 9.88 Å². The highest BCUT2D eigenvalue weighted by molar-refractivity contribution is 5.97. The van der Waals surface area contributed by atoms with Crippen LogP contribution < -0.4 is 10.2 Å². The molecule has 1 aromatic heterocycles. The molecule has 8 nitrogen and oxygen atoms in total. The van der Waals surface area contributed by atoms with Gasteiger partial charge in [-0.15, -0.1) is 0 Å². The van der Waals surface area contributed by atoms with E-state index >= 15 is 0 Å². The number of rotatable bonds is 16. The molecule has 0 aliphatic rings. The number of nitrogens with one attached hydrogen (secondary N) is 1. The number of likely N-dealkylation sites (N-methyl/N-ethyl adjacent to an activating group) is 1. The Morgan fingerprint density at radius 1 is 1.02 bits per heavy atom. The van der Waals surface area contributed by atoms with Gasteiger partial charge in [-0.3, -0.25) is 0 Å². The Balaban J connectivity index is 1.91. The number of aryl methyl sites for hydroxylation is 2. The van der Waals surface area contributed by atoms with E-state index in [1.54, 1.807) is 0 Å². The molecule has 0 bridgehead atoms. The predicted octanol–water partition coefficient (Wildman–Crippen LogP) is 7.24. The largest absolute Gasteiger partial charge is 0.459 e. The van der Waals surface area contributed by atoms with E-state index in [-0.39, 0.29) is 25.1 Å². The van der Waals surface area contributed by atoms with Crippen LogP contribution in [-0.4, -0.2) is 53.1 Å². The maximum Gasteiger partial charge on any atom is 0.407 e. The second-order valence-electron chi connectivity index (χ2n) is 13.0. The first-order valence-corrected chi connectivity index (χ1v) is 16.1. The molecule has 2 atom stereocenters. The topological polar surface area (TPSA) is 93.0 Å². The first-order valence-electron chi connectivity index (χ1n) is 16.1. The Hall–Kier alpha value is -3.52. The Labute approximate surface area is 263 Å². The molecule has 2 N–H and O–H groups in total. The van der Waals surface area contributed by atoms with Gasteiger partial charge in [-0.1, -0.05) is 76.4 Å². The number of fused-ring (bicyclic) bond motifs is 1. The maximum absolute atomic E-state index is 13.5. The summed E-state index contributed by atoms with van der Waals surface area (Å²) in [4.78, 5) is 28.0. The number of aliphatic hydroxyl groups is 1. The van der Waals surface area contributed by atoms with Crippen molar-refractivity contribution in [3.63, 3.8) is 0 Å². The van der Waals surface area contributed by atoms with Crippen molar-refractivity contribution < 1.29 is 24.2 Å². The second kappa shape index (κ2) is 16.5. The summed E-state index contributed by atoms with van der Waals surface area (Å²) in [6.45, 7) is 12.7. The van der Waals surface area contributed by atoms with Crippen LogP contribution in [0.4, 0.5) is 10.5 Å². The smallest absolute Gasteiger partial charge is 0.407 e. The van der Waals surface area contributed by atoms with Crippen LogP contribution in [0, 0.1) is 5.92 Å². The van der Waals surface area contributed by atoms with E-state index in [1.165, 1.54) is 19.3 Å². The molecule has 0 aliphatic carbocycles. The predicted molar refractivity (Wildman–Crippen MR) is 178 cm³/mol. The molecule has 1 heterocycles. The number of amides is 1. The molecule has 0 fully saturated rings. The molecule has 0 aliphatic heterocycles. The molecular weight excluding hydrogens is 554 g/mol. The van der Waals surface area contributed by atoms with E-state index in [0.717, 1.165) is 40.7 Å². The second-order valence-corrected chi connectivity index (χ2v) is 13.0. The standard InChI is InChI=1S/C36H53N3O5/c1-8-9-10-14-22-39-23-28(20-21-29(24-40)37-35(42)44-36(4,5)6)32-30(18-15-19-31(32)39)38(7)33(26(2)3)34(41)43-25-27-16-12-11-13-17-27/h11-13,15-19,23,26,29,33,40H,8-10,14,20-22,24-25H2,1-7H3,(H,37,42)/t29-,33-/m0/s1. The minimum absolute atomic E-state index is 0.00917. The molecule has 8 heteroatoms. The van der Waals surface area contributed by atoms with Crippen molar-refractivity contribution in [2.24, 2.45) is 5.92 Å². The van der Waals surface area contributed by atoms with Crippen LogP contribution in [0.25, 0.3) is 10.9 Å². The SMILES string of the molecule is CCCCCCn1cc(CC[C@@H](CO)NC(=O)OC(C)(C)C)c2c(N(C)[C@H](C(=O)OCc3ccccc3)C(C)C)cccc21. The molecule has 242 valence electrons. The molecule has 3 rings (SSSR count). The Morgan fingerprint density at radius 2 is 1.75 bits per heavy atom. The summed E-state index contributed by atoms with van der Waals surface area (Å²) in [7, 11) is 1.96. The van der Waals surface area contributed by atoms with Gasteiger partial charge >= 0.3 is 12.1 Å². The number of hydrogen-bond acceptors (Lipinski definition) is 6. The van der Waals surface area contributed by atoms with Crippen molar-refractivity contribution in [2.75, 3.05) is 18.6 Å². The average Bonchev–Trinajstić information content (AvgIpc) is 3.33. The highest BCUT2D eigenvalue weighted by Crippen LogP contribution is 2.34. The van der Waals surface area contributed by atoms with E-state index in [4.69, 9.17) is 9.47 Å². The number of hydrogen-bond donors (Lipinski definition) is 2. The number of carbonyl (C=O) groups is 2. The fourth-order valence-corrected chi connectivity index (χ4v) is 5.65. The van der Waals surface area contributed by atoms with Crippen molar-refractivity contribution in [3.8, 4) is 0 Å². The number of esters is 1. The summed E-state index contributed by atoms with van der Waals surface area (Å²) in [5.41, 5.74) is 3.52. The summed E-state index contributed by atoms with van der Waals surface area (Å²) in [6, 6.07) is 15.0. The van der Waals surface area contributed by atoms with Gasteiger partial charge in [0.05, 0.1) is 18.2 Å². The third-order valence-electron chi connectivity index (χ3n) is 7.81. The molecule has 0 spiro atoms. The molecule has 0 saturated carbocycles. The molecule has 44 heavy (non-hydrogen) atoms. The van der Waals surface area contributed by atoms with Crippen molar-refractivity contribution in [3.05, 3.63) is 65.9 Å². The Morgan fingerprint density at radius 3 is 2.39 bits per heavy atom. The van der Waals surface area contributed by atoms with Crippen LogP contribution in [-0.2, 0) is 33.8 Å². The molecule has 0 unspecified atom stereocenters. The molecule has 0 radical (unpaired) electrons. The number of carbonyl (C=O) groups excluding carboxylic acids is 2. The zero-order valence-corrected chi connectivity index (χ0v) is 27.8. The Bertz CT molecular complexity index is 1330. The number of aromatic nitrogens is 1. The fourth-order valence-electron chi connectivity index (χ4n) is 5.65. The van der Waals surface area contributed by atoms with Gasteiger partial charge in [0.1, 0.15) is 18.2 Å². The monoisotopic (exact) mass is 607 g/mol. The van der Waals surface area contributed by atoms with Gasteiger partial charge in [-0.25, -0.2) is 9.59 Å². The Kier molecular flexibility index (Phi) is 13.1. The lowest BCUT2D eigenvalue weighted by molar-refractivity contribution is -0.147. The van der Waals surface area contributed by atoms with Crippen LogP contribution in [0.1, 0.15) is 84.8 Å². The quantitative estimate of drug-likeness (QED) is 0.132. The highest BCUT2D eigenvalue weighted by Gasteiger charge is 2.30. The average molecular weight is 608 g/mol. The normalized spacial score (nSPS) is 13.1. The summed E-state index contributed by atoms with van der Waals surface area (Å²) in [6.07, 6.45) is 7.46. The van der Waals surface area contributed by atoms with Gasteiger partial charge in [0, 0.05) is 30.9 Å². The lowest BCUT2D eigenvalue weighted by atomic mass is 9.99. The first kappa shape index (κ1) is 35.0. The summed E-state index contributed by atoms with van der Waals surface area (Å²) in [5, 5.41) is 14.0. The third kappa shape index (κ3) is 10.0. The summed E-state index contributed by atoms with van der Waals surface area (Å²) >= 11 is 0. The fraction of sp³-hybridized carbons (Fsp3) is 0.556. The zero-order chi connectivity index (χ0) is 32.3. The van der Waals surface area contributed by atoms with Gasteiger partial charge in [-0.05, 0) is 69.2 Å². The van der Waals surface area contributed by atoms with Crippen LogP contribution >= 0.6 is 0 Å². The maximum atomic E-state index is 13.5. The van der Waals surface area contributed by atoms with Crippen LogP contribution in [0.2, 0.25) is 0 Å². The van der Waals surface area contributed by atoms with Crippen LogP contribution in [0.3, 0.4) is 0 Å². The van der Waals surface area contributed by atoms with Crippen LogP contribution in [0.5, 0.6) is 0 Å². The first-order chi connectivity index (χ1) is 20.9. The van der Waals surface area contributed by atoms with E-state index in [2.05, 4.69) is 35.1 Å². The number of alkyl carbamates (subject to hydrolysis) is 1. The van der Waals surface area contributed by atoms with Gasteiger partial charge in [-0.2, -0.15) is 0 Å². The molecule has 0 saturated heterocycles. The highest BCUT2D eigenvalue weighted by atomic mass is 16.6. The van der Waals surface area contributed by atoms with Gasteiger partial charge in [0.15, 0.2) is 0 Å². The third-order valence-corrected chi connectivity index (χ3v) is 7.81. The lowest BCUT2D eigenvalue weighted by Gasteiger charge is -2.32. The van der Waals surface area contributed by atoms with Crippen molar-refractivity contribution >= 4 is 28.7 Å². The minimum atomic E-state index is -0.621. The van der Waals surface area contributed by atoms with E-state index in [1.807, 2.05) is 83.0 Å². The van der Waals surface area contributed by atoms with Gasteiger partial charge < -0.3 is 29.4 Å². The number of nitrogens with zero attached hydrogens (tertiary/aromatic N) is 2. The molecule has 3 aromatic rings. The van der Waals surface area contributed by atoms with Gasteiger partial charge in [0.25, 0.3) is 0 Å². The van der Waals surface area contributed by atoms with Crippen LogP contribution in [0.15, 0.2) is 54.7 Å². The number of ether oxygens (including phenoxy) is 2. The summed E-state index contributed by atoms with van der Waals surface area (Å²) < 4.78 is 13.5. The molecular formula is C36H53N3O5. The van der Waals surface area contributed by atoms with Crippen molar-refractivity contribution in [2.45, 2.75) is 111 Å². The van der Waals surface area contributed by atoms with Gasteiger partial charge in [0.2, 0.25) is 0 Å². The summed E-state index contributed by atoms with van der Waals surface area (Å²) in [5.74, 6) is -0.249. The number of anilines is 1. The zero-order valence-electron chi connectivity index (χ0n) is 27.8. The number of aliphatic hydroxyl groups excluding tert-OH is 1. The minimum Gasteiger partial charge on any atom is -0.459 e. The number of unbranched alkanes of at least 4 members (excludes halogenated alkanes) is 3. The lowest BCUT2D eigenvalue weighted by Crippen LogP contribution is -2.43.